The molecule has 128 valence electrons. The minimum absolute atomic E-state index is 0.196. The fraction of sp³-hybridized carbons (Fsp3) is 0.222. The van der Waals surface area contributed by atoms with Crippen molar-refractivity contribution in [2.75, 3.05) is 14.2 Å². The Labute approximate surface area is 153 Å². The topological polar surface area (TPSA) is 52.8 Å². The zero-order valence-corrected chi connectivity index (χ0v) is 15.4. The number of hydrogen-bond donors (Lipinski definition) is 0. The molecule has 0 atom stereocenters. The van der Waals surface area contributed by atoms with E-state index in [1.165, 1.54) is 11.3 Å². The second-order valence-corrected chi connectivity index (χ2v) is 7.15. The van der Waals surface area contributed by atoms with Gasteiger partial charge in [-0.15, -0.1) is 17.8 Å². The molecule has 0 aliphatic heterocycles. The van der Waals surface area contributed by atoms with E-state index < -0.39 is 0 Å². The number of nitrogens with zero attached hydrogens (tertiary/aromatic N) is 2. The molecule has 3 aromatic rings. The smallest absolute Gasteiger partial charge is 0.253 e. The Hall–Kier alpha value is -2.56. The van der Waals surface area contributed by atoms with Crippen LogP contribution >= 0.6 is 22.7 Å². The molecule has 3 rings (SSSR count). The van der Waals surface area contributed by atoms with Crippen molar-refractivity contribution in [1.29, 1.82) is 0 Å². The van der Waals surface area contributed by atoms with Gasteiger partial charge in [-0.25, -0.2) is 0 Å². The van der Waals surface area contributed by atoms with Crippen LogP contribution in [0.25, 0.3) is 10.2 Å². The lowest BCUT2D eigenvalue weighted by Gasteiger charge is -2.08. The average Bonchev–Trinajstić information content (AvgIpc) is 3.22. The van der Waals surface area contributed by atoms with Gasteiger partial charge in [-0.3, -0.25) is 4.79 Å². The van der Waals surface area contributed by atoms with Crippen molar-refractivity contribution in [2.45, 2.75) is 13.0 Å². The number of carbonyl (C=O) groups is 1. The fourth-order valence-electron chi connectivity index (χ4n) is 2.43. The van der Waals surface area contributed by atoms with Crippen LogP contribution in [0, 0.1) is 12.3 Å². The third-order valence-electron chi connectivity index (χ3n) is 3.56. The van der Waals surface area contributed by atoms with Crippen LogP contribution in [0.5, 0.6) is 11.5 Å². The van der Waals surface area contributed by atoms with Crippen LogP contribution < -0.4 is 14.3 Å². The first-order chi connectivity index (χ1) is 12.2. The Morgan fingerprint density at radius 1 is 1.32 bits per heavy atom. The van der Waals surface area contributed by atoms with Crippen molar-refractivity contribution in [2.24, 2.45) is 4.99 Å². The van der Waals surface area contributed by atoms with E-state index in [1.807, 2.05) is 34.2 Å². The number of benzene rings is 1. The van der Waals surface area contributed by atoms with Crippen molar-refractivity contribution in [3.63, 3.8) is 0 Å². The molecule has 1 amide bonds. The molecule has 0 saturated carbocycles. The summed E-state index contributed by atoms with van der Waals surface area (Å²) in [5.41, 5.74) is 0.864. The summed E-state index contributed by atoms with van der Waals surface area (Å²) >= 11 is 2.94. The number of thiophene rings is 1. The maximum atomic E-state index is 12.3. The largest absolute Gasteiger partial charge is 0.493 e. The van der Waals surface area contributed by atoms with Crippen molar-refractivity contribution < 1.29 is 14.3 Å². The third-order valence-corrected chi connectivity index (χ3v) is 5.48. The van der Waals surface area contributed by atoms with Crippen LogP contribution in [-0.2, 0) is 17.8 Å². The second kappa shape index (κ2) is 7.55. The average molecular weight is 372 g/mol. The second-order valence-electron chi connectivity index (χ2n) is 5.11. The molecule has 0 bridgehead atoms. The number of thiazole rings is 1. The van der Waals surface area contributed by atoms with E-state index in [1.54, 1.807) is 25.6 Å². The van der Waals surface area contributed by atoms with Gasteiger partial charge in [-0.1, -0.05) is 23.3 Å². The number of hydrogen-bond acceptors (Lipinski definition) is 5. The summed E-state index contributed by atoms with van der Waals surface area (Å²) in [4.78, 5) is 18.1. The van der Waals surface area contributed by atoms with Crippen molar-refractivity contribution in [3.8, 4) is 23.8 Å². The summed E-state index contributed by atoms with van der Waals surface area (Å²) in [7, 11) is 3.17. The third kappa shape index (κ3) is 3.60. The molecule has 1 aromatic carbocycles. The molecule has 25 heavy (non-hydrogen) atoms. The fourth-order valence-corrected chi connectivity index (χ4v) is 4.19. The molecule has 0 radical (unpaired) electrons. The molecule has 0 unspecified atom stereocenters. The summed E-state index contributed by atoms with van der Waals surface area (Å²) in [5.74, 6) is 3.65. The maximum absolute atomic E-state index is 12.3. The lowest BCUT2D eigenvalue weighted by atomic mass is 10.3. The Morgan fingerprint density at radius 2 is 2.08 bits per heavy atom. The predicted octanol–water partition coefficient (Wildman–Crippen LogP) is 3.08. The van der Waals surface area contributed by atoms with E-state index in [4.69, 9.17) is 15.9 Å². The number of aromatic nitrogens is 1. The first-order valence-corrected chi connectivity index (χ1v) is 9.14. The first-order valence-electron chi connectivity index (χ1n) is 7.45. The molecule has 0 fully saturated rings. The number of terminal acetylenes is 1. The van der Waals surface area contributed by atoms with Gasteiger partial charge in [0.2, 0.25) is 0 Å². The number of methoxy groups -OCH3 is 2. The van der Waals surface area contributed by atoms with Gasteiger partial charge in [0.15, 0.2) is 16.3 Å². The molecular weight excluding hydrogens is 356 g/mol. The normalized spacial score (nSPS) is 11.5. The van der Waals surface area contributed by atoms with Crippen LogP contribution in [0.3, 0.4) is 0 Å². The molecule has 0 N–H and O–H groups in total. The van der Waals surface area contributed by atoms with Crippen molar-refractivity contribution >= 4 is 38.8 Å². The summed E-state index contributed by atoms with van der Waals surface area (Å²) in [5, 5.41) is 1.94. The van der Waals surface area contributed by atoms with Crippen LogP contribution in [0.15, 0.2) is 34.6 Å². The highest BCUT2D eigenvalue weighted by atomic mass is 32.1. The molecule has 2 aromatic heterocycles. The molecule has 0 aliphatic carbocycles. The predicted molar refractivity (Wildman–Crippen MR) is 100 cm³/mol. The SMILES string of the molecule is C#CCn1c(=NC(=O)Cc2cccs2)sc2cc(OC)c(OC)cc21. The van der Waals surface area contributed by atoms with Gasteiger partial charge in [0.05, 0.1) is 37.4 Å². The quantitative estimate of drug-likeness (QED) is 0.647. The highest BCUT2D eigenvalue weighted by molar-refractivity contribution is 7.16. The molecule has 2 heterocycles. The summed E-state index contributed by atoms with van der Waals surface area (Å²) in [6, 6.07) is 7.57. The maximum Gasteiger partial charge on any atom is 0.253 e. The van der Waals surface area contributed by atoms with Gasteiger partial charge < -0.3 is 14.0 Å². The van der Waals surface area contributed by atoms with Gasteiger partial charge >= 0.3 is 0 Å². The number of rotatable bonds is 5. The van der Waals surface area contributed by atoms with E-state index in [0.717, 1.165) is 15.1 Å². The minimum atomic E-state index is -0.196. The van der Waals surface area contributed by atoms with Crippen molar-refractivity contribution in [3.05, 3.63) is 39.3 Å². The lowest BCUT2D eigenvalue weighted by molar-refractivity contribution is -0.117. The van der Waals surface area contributed by atoms with Crippen LogP contribution in [0.4, 0.5) is 0 Å². The number of amides is 1. The van der Waals surface area contributed by atoms with Gasteiger partial charge in [-0.2, -0.15) is 4.99 Å². The van der Waals surface area contributed by atoms with Gasteiger partial charge in [0, 0.05) is 17.0 Å². The molecule has 0 spiro atoms. The molecule has 0 aliphatic rings. The number of fused-ring (bicyclic) bond motifs is 1. The molecule has 7 heteroatoms. The number of ether oxygens (including phenoxy) is 2. The summed E-state index contributed by atoms with van der Waals surface area (Å²) < 4.78 is 13.5. The van der Waals surface area contributed by atoms with Gasteiger partial charge in [0.25, 0.3) is 5.91 Å². The van der Waals surface area contributed by atoms with Crippen LogP contribution in [-0.4, -0.2) is 24.7 Å². The van der Waals surface area contributed by atoms with Crippen LogP contribution in [0.1, 0.15) is 4.88 Å². The van der Waals surface area contributed by atoms with Crippen LogP contribution in [0.2, 0.25) is 0 Å². The zero-order chi connectivity index (χ0) is 17.8. The minimum Gasteiger partial charge on any atom is -0.493 e. The van der Waals surface area contributed by atoms with Gasteiger partial charge in [-0.05, 0) is 11.4 Å². The van der Waals surface area contributed by atoms with E-state index in [0.29, 0.717) is 22.8 Å². The van der Waals surface area contributed by atoms with E-state index in [2.05, 4.69) is 10.9 Å². The number of carbonyl (C=O) groups excluding carboxylic acids is 1. The molecular formula is C18H16N2O3S2. The Balaban J connectivity index is 2.10. The molecule has 5 nitrogen and oxygen atoms in total. The first kappa shape index (κ1) is 17.3. The Kier molecular flexibility index (Phi) is 5.22. The van der Waals surface area contributed by atoms with Crippen molar-refractivity contribution in [1.82, 2.24) is 4.57 Å². The van der Waals surface area contributed by atoms with E-state index in [9.17, 15) is 4.79 Å². The summed E-state index contributed by atoms with van der Waals surface area (Å²) in [6.45, 7) is 0.320. The van der Waals surface area contributed by atoms with E-state index >= 15 is 0 Å². The van der Waals surface area contributed by atoms with Gasteiger partial charge in [0.1, 0.15) is 0 Å². The monoisotopic (exact) mass is 372 g/mol. The lowest BCUT2D eigenvalue weighted by Crippen LogP contribution is -2.17. The summed E-state index contributed by atoms with van der Waals surface area (Å²) in [6.07, 6.45) is 5.79. The van der Waals surface area contributed by atoms with E-state index in [-0.39, 0.29) is 12.3 Å². The Morgan fingerprint density at radius 3 is 2.72 bits per heavy atom. The molecule has 0 saturated heterocycles. The zero-order valence-electron chi connectivity index (χ0n) is 13.8. The highest BCUT2D eigenvalue weighted by Gasteiger charge is 2.13. The highest BCUT2D eigenvalue weighted by Crippen LogP contribution is 2.33. The Bertz CT molecular complexity index is 1010. The standard InChI is InChI=1S/C18H16N2O3S2/c1-4-7-20-13-10-14(22-2)15(23-3)11-16(13)25-18(20)19-17(21)9-12-6-5-8-24-12/h1,5-6,8,10-11H,7,9H2,2-3H3.